The summed E-state index contributed by atoms with van der Waals surface area (Å²) in [5.41, 5.74) is 0. The van der Waals surface area contributed by atoms with Gasteiger partial charge in [-0.2, -0.15) is 13.2 Å². The van der Waals surface area contributed by atoms with Gasteiger partial charge in [0.1, 0.15) is 6.04 Å². The molecule has 6 nitrogen and oxygen atoms in total. The van der Waals surface area contributed by atoms with E-state index in [1.807, 2.05) is 0 Å². The Labute approximate surface area is 172 Å². The van der Waals surface area contributed by atoms with Crippen molar-refractivity contribution in [2.75, 3.05) is 72.0 Å². The minimum absolute atomic E-state index is 0. The summed E-state index contributed by atoms with van der Waals surface area (Å²) >= 11 is 0. The largest absolute Gasteiger partial charge is 0.405 e. The van der Waals surface area contributed by atoms with Gasteiger partial charge in [0, 0.05) is 71.9 Å². The summed E-state index contributed by atoms with van der Waals surface area (Å²) in [5.74, 6) is -0.303. The van der Waals surface area contributed by atoms with Gasteiger partial charge >= 0.3 is 6.18 Å². The predicted molar refractivity (Wildman–Crippen MR) is 105 cm³/mol. The van der Waals surface area contributed by atoms with Crippen molar-refractivity contribution in [3.63, 3.8) is 0 Å². The van der Waals surface area contributed by atoms with Crippen molar-refractivity contribution in [1.29, 1.82) is 0 Å². The Bertz CT molecular complexity index is 417. The maximum Gasteiger partial charge on any atom is 0.405 e. The molecule has 0 aromatic heterocycles. The molecule has 0 aliphatic carbocycles. The summed E-state index contributed by atoms with van der Waals surface area (Å²) < 4.78 is 39.8. The number of halogens is 5. The second kappa shape index (κ2) is 13.0. The van der Waals surface area contributed by atoms with Crippen LogP contribution in [0.25, 0.3) is 0 Å². The maximum absolute atomic E-state index is 13.3. The van der Waals surface area contributed by atoms with E-state index >= 15 is 0 Å². The van der Waals surface area contributed by atoms with E-state index in [9.17, 15) is 18.0 Å². The number of piperazine rings is 2. The molecule has 27 heavy (non-hydrogen) atoms. The highest BCUT2D eigenvalue weighted by molar-refractivity contribution is 5.85. The number of rotatable bonds is 7. The molecule has 1 amide bonds. The highest BCUT2D eigenvalue weighted by Crippen LogP contribution is 2.24. The molecule has 2 heterocycles. The van der Waals surface area contributed by atoms with Crippen LogP contribution in [-0.4, -0.2) is 105 Å². The third-order valence-electron chi connectivity index (χ3n) is 5.03. The molecule has 2 rings (SSSR count). The van der Waals surface area contributed by atoms with Crippen molar-refractivity contribution in [2.24, 2.45) is 0 Å². The standard InChI is InChI=1S/C16H30F3N5O.2ClH/c1-2-22-9-11-23(12-10-22)6-3-15(25)21-13-14(16(17,18)19)24-7-4-20-5-8-24;;/h14,20H,2-13H2,1H3,(H,21,25);2*1H. The van der Waals surface area contributed by atoms with Crippen molar-refractivity contribution in [2.45, 2.75) is 25.6 Å². The third kappa shape index (κ3) is 9.15. The lowest BCUT2D eigenvalue weighted by atomic mass is 10.2. The Morgan fingerprint density at radius 3 is 2.11 bits per heavy atom. The molecule has 1 atom stereocenters. The van der Waals surface area contributed by atoms with Crippen LogP contribution in [-0.2, 0) is 4.79 Å². The molecule has 2 fully saturated rings. The normalized spacial score (nSPS) is 21.0. The fourth-order valence-corrected chi connectivity index (χ4v) is 3.33. The third-order valence-corrected chi connectivity index (χ3v) is 5.03. The Kier molecular flexibility index (Phi) is 12.9. The number of hydrogen-bond acceptors (Lipinski definition) is 5. The average Bonchev–Trinajstić information content (AvgIpc) is 2.60. The first-order valence-electron chi connectivity index (χ1n) is 9.13. The molecular formula is C16H32Cl2F3N5O. The van der Waals surface area contributed by atoms with Gasteiger partial charge in [-0.1, -0.05) is 6.92 Å². The van der Waals surface area contributed by atoms with Gasteiger partial charge in [-0.25, -0.2) is 0 Å². The highest BCUT2D eigenvalue weighted by atomic mass is 35.5. The number of carbonyl (C=O) groups excluding carboxylic acids is 1. The van der Waals surface area contributed by atoms with Crippen LogP contribution in [0.15, 0.2) is 0 Å². The maximum atomic E-state index is 13.3. The fraction of sp³-hybridized carbons (Fsp3) is 0.938. The summed E-state index contributed by atoms with van der Waals surface area (Å²) in [6.45, 7) is 8.96. The minimum atomic E-state index is -4.33. The first-order chi connectivity index (χ1) is 11.9. The van der Waals surface area contributed by atoms with E-state index in [0.29, 0.717) is 32.7 Å². The van der Waals surface area contributed by atoms with Crippen LogP contribution in [0.4, 0.5) is 13.2 Å². The zero-order valence-corrected chi connectivity index (χ0v) is 17.4. The summed E-state index contributed by atoms with van der Waals surface area (Å²) in [6, 6.07) is -1.60. The molecule has 0 spiro atoms. The second-order valence-electron chi connectivity index (χ2n) is 6.67. The Morgan fingerprint density at radius 1 is 1.04 bits per heavy atom. The lowest BCUT2D eigenvalue weighted by Crippen LogP contribution is -2.57. The molecule has 2 saturated heterocycles. The van der Waals surface area contributed by atoms with Crippen LogP contribution in [0.3, 0.4) is 0 Å². The highest BCUT2D eigenvalue weighted by Gasteiger charge is 2.43. The van der Waals surface area contributed by atoms with E-state index in [-0.39, 0.29) is 43.7 Å². The molecule has 0 aromatic carbocycles. The molecule has 2 aliphatic heterocycles. The smallest absolute Gasteiger partial charge is 0.354 e. The van der Waals surface area contributed by atoms with Crippen LogP contribution in [0.1, 0.15) is 13.3 Å². The average molecular weight is 438 g/mol. The van der Waals surface area contributed by atoms with E-state index in [2.05, 4.69) is 27.4 Å². The molecule has 0 radical (unpaired) electrons. The van der Waals surface area contributed by atoms with E-state index in [1.54, 1.807) is 0 Å². The van der Waals surface area contributed by atoms with Gasteiger partial charge in [-0.05, 0) is 6.54 Å². The van der Waals surface area contributed by atoms with E-state index in [0.717, 1.165) is 32.7 Å². The number of carbonyl (C=O) groups is 1. The molecular weight excluding hydrogens is 406 g/mol. The molecule has 2 N–H and O–H groups in total. The quantitative estimate of drug-likeness (QED) is 0.617. The molecule has 1 unspecified atom stereocenters. The van der Waals surface area contributed by atoms with E-state index < -0.39 is 12.2 Å². The second-order valence-corrected chi connectivity index (χ2v) is 6.67. The van der Waals surface area contributed by atoms with Crippen LogP contribution in [0.2, 0.25) is 0 Å². The van der Waals surface area contributed by atoms with Gasteiger partial charge in [0.15, 0.2) is 0 Å². The summed E-state index contributed by atoms with van der Waals surface area (Å²) in [5, 5.41) is 5.53. The van der Waals surface area contributed by atoms with Gasteiger partial charge in [0.05, 0.1) is 0 Å². The Balaban J connectivity index is 0.00000338. The monoisotopic (exact) mass is 437 g/mol. The number of hydrogen-bond donors (Lipinski definition) is 2. The van der Waals surface area contributed by atoms with Crippen LogP contribution < -0.4 is 10.6 Å². The van der Waals surface area contributed by atoms with Gasteiger partial charge in [-0.3, -0.25) is 9.69 Å². The van der Waals surface area contributed by atoms with E-state index in [4.69, 9.17) is 0 Å². The molecule has 162 valence electrons. The fourth-order valence-electron chi connectivity index (χ4n) is 3.33. The van der Waals surface area contributed by atoms with E-state index in [1.165, 1.54) is 4.90 Å². The molecule has 0 bridgehead atoms. The van der Waals surface area contributed by atoms with Crippen molar-refractivity contribution >= 4 is 30.7 Å². The molecule has 0 aromatic rings. The van der Waals surface area contributed by atoms with Crippen LogP contribution >= 0.6 is 24.8 Å². The summed E-state index contributed by atoms with van der Waals surface area (Å²) in [4.78, 5) is 17.9. The molecule has 11 heteroatoms. The first-order valence-corrected chi connectivity index (χ1v) is 9.13. The number of nitrogens with one attached hydrogen (secondary N) is 2. The minimum Gasteiger partial charge on any atom is -0.354 e. The number of amides is 1. The predicted octanol–water partition coefficient (Wildman–Crippen LogP) is 0.810. The van der Waals surface area contributed by atoms with Crippen molar-refractivity contribution < 1.29 is 18.0 Å². The van der Waals surface area contributed by atoms with Gasteiger partial charge < -0.3 is 20.4 Å². The van der Waals surface area contributed by atoms with Crippen molar-refractivity contribution in [3.8, 4) is 0 Å². The van der Waals surface area contributed by atoms with Crippen molar-refractivity contribution in [3.05, 3.63) is 0 Å². The Hall–Kier alpha value is -0.320. The summed E-state index contributed by atoms with van der Waals surface area (Å²) in [7, 11) is 0. The first kappa shape index (κ1) is 26.7. The Morgan fingerprint density at radius 2 is 1.59 bits per heavy atom. The van der Waals surface area contributed by atoms with Gasteiger partial charge in [0.25, 0.3) is 0 Å². The van der Waals surface area contributed by atoms with Gasteiger partial charge in [-0.15, -0.1) is 24.8 Å². The zero-order chi connectivity index (χ0) is 18.3. The van der Waals surface area contributed by atoms with Crippen molar-refractivity contribution in [1.82, 2.24) is 25.3 Å². The number of likely N-dealkylation sites (N-methyl/N-ethyl adjacent to an activating group) is 1. The van der Waals surface area contributed by atoms with Crippen LogP contribution in [0, 0.1) is 0 Å². The summed E-state index contributed by atoms with van der Waals surface area (Å²) in [6.07, 6.45) is -4.08. The molecule has 0 saturated carbocycles. The number of alkyl halides is 3. The lowest BCUT2D eigenvalue weighted by molar-refractivity contribution is -0.184. The van der Waals surface area contributed by atoms with Gasteiger partial charge in [0.2, 0.25) is 5.91 Å². The SMILES string of the molecule is CCN1CCN(CCC(=O)NCC(N2CCNCC2)C(F)(F)F)CC1.Cl.Cl. The van der Waals surface area contributed by atoms with Crippen LogP contribution in [0.5, 0.6) is 0 Å². The molecule has 2 aliphatic rings. The zero-order valence-electron chi connectivity index (χ0n) is 15.8. The topological polar surface area (TPSA) is 50.9 Å². The number of nitrogens with zero attached hydrogens (tertiary/aromatic N) is 3. The lowest BCUT2D eigenvalue weighted by Gasteiger charge is -2.36.